The summed E-state index contributed by atoms with van der Waals surface area (Å²) in [6.45, 7) is 4.51. The first kappa shape index (κ1) is 26.2. The fourth-order valence-corrected chi connectivity index (χ4v) is 3.72. The normalized spacial score (nSPS) is 16.9. The van der Waals surface area contributed by atoms with Crippen LogP contribution in [0, 0.1) is 5.92 Å². The Hall–Kier alpha value is -3.37. The van der Waals surface area contributed by atoms with Crippen molar-refractivity contribution in [2.45, 2.75) is 64.7 Å². The van der Waals surface area contributed by atoms with Crippen LogP contribution in [-0.4, -0.2) is 45.5 Å². The molecule has 2 amide bonds. The highest BCUT2D eigenvalue weighted by Gasteiger charge is 2.33. The summed E-state index contributed by atoms with van der Waals surface area (Å²) in [5.74, 6) is -1.21. The number of rotatable bonds is 11. The minimum absolute atomic E-state index is 0.0986. The van der Waals surface area contributed by atoms with Crippen LogP contribution in [0.5, 0.6) is 5.88 Å². The van der Waals surface area contributed by atoms with Gasteiger partial charge in [-0.15, -0.1) is 0 Å². The number of amides is 2. The molecule has 10 heteroatoms. The third-order valence-corrected chi connectivity index (χ3v) is 5.61. The van der Waals surface area contributed by atoms with E-state index in [1.54, 1.807) is 6.08 Å². The molecule has 0 unspecified atom stereocenters. The van der Waals surface area contributed by atoms with Gasteiger partial charge in [0.25, 0.3) is 5.91 Å². The average molecular weight is 487 g/mol. The average Bonchev–Trinajstić information content (AvgIpc) is 3.19. The predicted octanol–water partition coefficient (Wildman–Crippen LogP) is 2.83. The van der Waals surface area contributed by atoms with Gasteiger partial charge in [-0.25, -0.2) is 24.8 Å². The number of H-pyrrole nitrogens is 1. The Morgan fingerprint density at radius 1 is 1.31 bits per heavy atom. The van der Waals surface area contributed by atoms with E-state index in [-0.39, 0.29) is 18.8 Å². The first-order valence-corrected chi connectivity index (χ1v) is 12.0. The Morgan fingerprint density at radius 3 is 2.71 bits per heavy atom. The van der Waals surface area contributed by atoms with Crippen molar-refractivity contribution >= 4 is 17.9 Å². The van der Waals surface area contributed by atoms with Crippen LogP contribution in [0.2, 0.25) is 0 Å². The number of aromatic amines is 1. The zero-order valence-electron chi connectivity index (χ0n) is 20.2. The van der Waals surface area contributed by atoms with E-state index < -0.39 is 35.7 Å². The number of benzene rings is 1. The van der Waals surface area contributed by atoms with Crippen molar-refractivity contribution in [3.8, 4) is 5.88 Å². The summed E-state index contributed by atoms with van der Waals surface area (Å²) in [5, 5.41) is 10.9. The molecule has 1 saturated heterocycles. The fourth-order valence-electron chi connectivity index (χ4n) is 3.72. The Balaban J connectivity index is 1.87. The summed E-state index contributed by atoms with van der Waals surface area (Å²) >= 11 is 0. The van der Waals surface area contributed by atoms with Crippen LogP contribution in [0.25, 0.3) is 6.08 Å². The molecule has 3 rings (SSSR count). The molecule has 1 fully saturated rings. The van der Waals surface area contributed by atoms with Crippen LogP contribution in [-0.2, 0) is 19.2 Å². The van der Waals surface area contributed by atoms with E-state index in [4.69, 9.17) is 9.57 Å². The van der Waals surface area contributed by atoms with Gasteiger partial charge in [0.05, 0.1) is 6.20 Å². The topological polar surface area (TPSA) is 126 Å². The Kier molecular flexibility index (Phi) is 9.68. The summed E-state index contributed by atoms with van der Waals surface area (Å²) in [6.07, 6.45) is 7.38. The quantitative estimate of drug-likeness (QED) is 0.420. The van der Waals surface area contributed by atoms with E-state index >= 15 is 0 Å². The molecule has 190 valence electrons. The SMILES string of the molecule is CC(C)CCC(=O)N([C@@H](CC=Cc1ccccc1)C(=O)NO[C@@H]1CCCCO1)n1cc(O)[nH]c1=O. The molecule has 1 aromatic heterocycles. The summed E-state index contributed by atoms with van der Waals surface area (Å²) in [6, 6.07) is 8.39. The zero-order chi connectivity index (χ0) is 25.2. The van der Waals surface area contributed by atoms with Gasteiger partial charge in [0, 0.05) is 19.4 Å². The molecule has 0 bridgehead atoms. The highest BCUT2D eigenvalue weighted by atomic mass is 16.8. The van der Waals surface area contributed by atoms with Gasteiger partial charge >= 0.3 is 5.69 Å². The van der Waals surface area contributed by atoms with E-state index in [2.05, 4.69) is 10.5 Å². The predicted molar refractivity (Wildman–Crippen MR) is 131 cm³/mol. The van der Waals surface area contributed by atoms with E-state index in [1.807, 2.05) is 50.3 Å². The molecule has 10 nitrogen and oxygen atoms in total. The number of hydrogen-bond donors (Lipinski definition) is 3. The van der Waals surface area contributed by atoms with Crippen molar-refractivity contribution in [3.63, 3.8) is 0 Å². The number of aromatic nitrogens is 2. The van der Waals surface area contributed by atoms with Gasteiger partial charge in [-0.3, -0.25) is 14.6 Å². The van der Waals surface area contributed by atoms with Crippen LogP contribution in [0.4, 0.5) is 0 Å². The lowest BCUT2D eigenvalue weighted by Crippen LogP contribution is -2.57. The number of hydrogen-bond acceptors (Lipinski definition) is 6. The number of ether oxygens (including phenoxy) is 1. The van der Waals surface area contributed by atoms with Gasteiger partial charge in [-0.2, -0.15) is 0 Å². The smallest absolute Gasteiger partial charge is 0.347 e. The fraction of sp³-hybridized carbons (Fsp3) is 0.480. The standard InChI is InChI=1S/C25H34N4O6/c1-18(2)14-15-22(31)29(28-17-21(30)26-25(28)33)20(12-8-11-19-9-4-3-5-10-19)24(32)27-35-23-13-6-7-16-34-23/h3-5,8-11,17-18,20,23,30H,6-7,12-16H2,1-2H3,(H,26,33)(H,27,32)/t20-,23+/m0/s1. The Morgan fingerprint density at radius 2 is 2.09 bits per heavy atom. The van der Waals surface area contributed by atoms with Crippen molar-refractivity contribution in [1.29, 1.82) is 0 Å². The lowest BCUT2D eigenvalue weighted by Gasteiger charge is -2.31. The number of nitrogens with zero attached hydrogens (tertiary/aromatic N) is 2. The maximum atomic E-state index is 13.3. The van der Waals surface area contributed by atoms with E-state index in [0.29, 0.717) is 19.4 Å². The molecule has 0 aliphatic carbocycles. The largest absolute Gasteiger partial charge is 0.493 e. The van der Waals surface area contributed by atoms with Gasteiger partial charge in [0.1, 0.15) is 6.04 Å². The molecular weight excluding hydrogens is 452 g/mol. The number of nitrogens with one attached hydrogen (secondary N) is 2. The summed E-state index contributed by atoms with van der Waals surface area (Å²) < 4.78 is 6.44. The van der Waals surface area contributed by atoms with Crippen LogP contribution in [0.3, 0.4) is 0 Å². The van der Waals surface area contributed by atoms with Crippen LogP contribution < -0.4 is 16.2 Å². The van der Waals surface area contributed by atoms with Gasteiger partial charge in [-0.1, -0.05) is 56.3 Å². The number of hydroxylamine groups is 1. The van der Waals surface area contributed by atoms with E-state index in [9.17, 15) is 19.5 Å². The second kappa shape index (κ2) is 12.9. The monoisotopic (exact) mass is 486 g/mol. The summed E-state index contributed by atoms with van der Waals surface area (Å²) in [5.41, 5.74) is 2.61. The minimum Gasteiger partial charge on any atom is -0.493 e. The van der Waals surface area contributed by atoms with Crippen LogP contribution >= 0.6 is 0 Å². The molecule has 1 aromatic carbocycles. The second-order valence-corrected chi connectivity index (χ2v) is 8.90. The first-order chi connectivity index (χ1) is 16.8. The van der Waals surface area contributed by atoms with Crippen molar-refractivity contribution in [2.24, 2.45) is 5.92 Å². The Labute approximate surface area is 204 Å². The first-order valence-electron chi connectivity index (χ1n) is 12.0. The van der Waals surface area contributed by atoms with Gasteiger partial charge in [0.2, 0.25) is 11.8 Å². The highest BCUT2D eigenvalue weighted by Crippen LogP contribution is 2.16. The lowest BCUT2D eigenvalue weighted by molar-refractivity contribution is -0.201. The van der Waals surface area contributed by atoms with Crippen molar-refractivity contribution in [2.75, 3.05) is 11.6 Å². The summed E-state index contributed by atoms with van der Waals surface area (Å²) in [7, 11) is 0. The minimum atomic E-state index is -1.12. The molecule has 1 aliphatic heterocycles. The number of aromatic hydroxyl groups is 1. The molecule has 0 radical (unpaired) electrons. The maximum absolute atomic E-state index is 13.3. The van der Waals surface area contributed by atoms with Gasteiger partial charge < -0.3 is 9.84 Å². The molecule has 2 atom stereocenters. The van der Waals surface area contributed by atoms with Crippen LogP contribution in [0.15, 0.2) is 47.4 Å². The maximum Gasteiger partial charge on any atom is 0.347 e. The van der Waals surface area contributed by atoms with Gasteiger partial charge in [0.15, 0.2) is 6.29 Å². The molecular formula is C25H34N4O6. The van der Waals surface area contributed by atoms with E-state index in [1.165, 1.54) is 0 Å². The summed E-state index contributed by atoms with van der Waals surface area (Å²) in [4.78, 5) is 46.8. The van der Waals surface area contributed by atoms with Gasteiger partial charge in [-0.05, 0) is 37.2 Å². The molecule has 0 saturated carbocycles. The number of imidazole rings is 1. The molecule has 2 aromatic rings. The second-order valence-electron chi connectivity index (χ2n) is 8.90. The molecule has 3 N–H and O–H groups in total. The molecule has 2 heterocycles. The lowest BCUT2D eigenvalue weighted by atomic mass is 10.1. The Bertz CT molecular complexity index is 1040. The number of carbonyl (C=O) groups is 2. The third kappa shape index (κ3) is 7.83. The number of carbonyl (C=O) groups excluding carboxylic acids is 2. The van der Waals surface area contributed by atoms with E-state index in [0.717, 1.165) is 34.3 Å². The van der Waals surface area contributed by atoms with Crippen molar-refractivity contribution in [3.05, 3.63) is 58.7 Å². The van der Waals surface area contributed by atoms with Crippen LogP contribution in [0.1, 0.15) is 57.9 Å². The molecule has 0 spiro atoms. The van der Waals surface area contributed by atoms with Crippen molar-refractivity contribution in [1.82, 2.24) is 15.1 Å². The molecule has 35 heavy (non-hydrogen) atoms. The highest BCUT2D eigenvalue weighted by molar-refractivity contribution is 5.95. The van der Waals surface area contributed by atoms with Crippen molar-refractivity contribution < 1.29 is 24.3 Å². The molecule has 1 aliphatic rings. The zero-order valence-corrected chi connectivity index (χ0v) is 20.2. The third-order valence-electron chi connectivity index (χ3n) is 5.61.